The number of esters is 1. The van der Waals surface area contributed by atoms with E-state index >= 15 is 0 Å². The van der Waals surface area contributed by atoms with E-state index < -0.39 is 11.9 Å². The number of rotatable bonds is 8. The van der Waals surface area contributed by atoms with Crippen LogP contribution in [0.4, 0.5) is 0 Å². The maximum Gasteiger partial charge on any atom is 0.337 e. The molecule has 8 heteroatoms. The summed E-state index contributed by atoms with van der Waals surface area (Å²) in [5.41, 5.74) is 4.19. The van der Waals surface area contributed by atoms with Crippen LogP contribution < -0.4 is 24.3 Å². The zero-order chi connectivity index (χ0) is 28.4. The second-order valence-electron chi connectivity index (χ2n) is 10.6. The van der Waals surface area contributed by atoms with Crippen molar-refractivity contribution in [3.8, 4) is 23.0 Å². The van der Waals surface area contributed by atoms with Gasteiger partial charge >= 0.3 is 5.97 Å². The number of benzene rings is 2. The van der Waals surface area contributed by atoms with Gasteiger partial charge in [0.25, 0.3) is 0 Å². The fraction of sp³-hybridized carbons (Fsp3) is 0.438. The quantitative estimate of drug-likeness (QED) is 0.429. The van der Waals surface area contributed by atoms with E-state index in [1.54, 1.807) is 28.4 Å². The Balaban J connectivity index is 1.59. The van der Waals surface area contributed by atoms with E-state index in [4.69, 9.17) is 23.7 Å². The van der Waals surface area contributed by atoms with Crippen molar-refractivity contribution in [3.05, 3.63) is 70.1 Å². The molecular formula is C32H37NO7. The van der Waals surface area contributed by atoms with Crippen LogP contribution in [0.1, 0.15) is 68.4 Å². The molecule has 40 heavy (non-hydrogen) atoms. The highest BCUT2D eigenvalue weighted by Gasteiger charge is 2.43. The van der Waals surface area contributed by atoms with Gasteiger partial charge in [0.2, 0.25) is 0 Å². The number of hydrogen-bond donors (Lipinski definition) is 1. The molecule has 2 aliphatic carbocycles. The van der Waals surface area contributed by atoms with E-state index in [1.807, 2.05) is 43.3 Å². The summed E-state index contributed by atoms with van der Waals surface area (Å²) >= 11 is 0. The standard InChI is InChI=1S/C32H37NO7/c1-18-29(32(35)40-21-8-6-7-9-21)30(23-17-22(36-2)11-13-26(23)37-3)31-24(33-18)14-20(15-25(31)34)19-10-12-27(38-4)28(16-19)39-5/h10-13,16-17,20-21,30,33H,6-9,14-15H2,1-5H3/t20-,30-/m1/s1. The first kappa shape index (κ1) is 27.6. The average molecular weight is 548 g/mol. The number of carbonyl (C=O) groups is 2. The molecule has 0 bridgehead atoms. The predicted octanol–water partition coefficient (Wildman–Crippen LogP) is 5.57. The van der Waals surface area contributed by atoms with Crippen molar-refractivity contribution in [3.63, 3.8) is 0 Å². The molecule has 3 aliphatic rings. The van der Waals surface area contributed by atoms with E-state index in [1.165, 1.54) is 0 Å². The Morgan fingerprint density at radius 3 is 2.23 bits per heavy atom. The number of dihydropyridines is 1. The van der Waals surface area contributed by atoms with Crippen LogP contribution in [0.5, 0.6) is 23.0 Å². The highest BCUT2D eigenvalue weighted by molar-refractivity contribution is 6.04. The molecule has 0 unspecified atom stereocenters. The van der Waals surface area contributed by atoms with Crippen LogP contribution in [0, 0.1) is 0 Å². The molecule has 5 rings (SSSR count). The van der Waals surface area contributed by atoms with E-state index in [0.29, 0.717) is 58.2 Å². The van der Waals surface area contributed by atoms with Crippen molar-refractivity contribution in [2.24, 2.45) is 0 Å². The number of ketones is 1. The van der Waals surface area contributed by atoms with Crippen molar-refractivity contribution in [2.75, 3.05) is 28.4 Å². The molecule has 1 aliphatic heterocycles. The van der Waals surface area contributed by atoms with Gasteiger partial charge in [-0.2, -0.15) is 0 Å². The normalized spacial score (nSPS) is 21.1. The first-order chi connectivity index (χ1) is 19.4. The maximum absolute atomic E-state index is 14.0. The van der Waals surface area contributed by atoms with Gasteiger partial charge in [0.15, 0.2) is 17.3 Å². The molecule has 2 atom stereocenters. The lowest BCUT2D eigenvalue weighted by Gasteiger charge is -2.37. The zero-order valence-electron chi connectivity index (χ0n) is 23.8. The van der Waals surface area contributed by atoms with Crippen molar-refractivity contribution < 1.29 is 33.3 Å². The Kier molecular flexibility index (Phi) is 8.05. The third-order valence-corrected chi connectivity index (χ3v) is 8.25. The molecule has 0 saturated heterocycles. The molecule has 0 spiro atoms. The summed E-state index contributed by atoms with van der Waals surface area (Å²) in [6, 6.07) is 11.2. The molecule has 8 nitrogen and oxygen atoms in total. The largest absolute Gasteiger partial charge is 0.497 e. The number of allylic oxidation sites excluding steroid dienone is 3. The lowest BCUT2D eigenvalue weighted by Crippen LogP contribution is -2.36. The summed E-state index contributed by atoms with van der Waals surface area (Å²) in [6.07, 6.45) is 4.61. The third-order valence-electron chi connectivity index (χ3n) is 8.25. The monoisotopic (exact) mass is 547 g/mol. The molecule has 1 N–H and O–H groups in total. The average Bonchev–Trinajstić information content (AvgIpc) is 3.48. The second-order valence-corrected chi connectivity index (χ2v) is 10.6. The van der Waals surface area contributed by atoms with Crippen LogP contribution in [0.15, 0.2) is 58.9 Å². The van der Waals surface area contributed by atoms with Crippen LogP contribution >= 0.6 is 0 Å². The number of Topliss-reactive ketones (excluding diaryl/α,β-unsaturated/α-hetero) is 1. The third kappa shape index (κ3) is 5.15. The zero-order valence-corrected chi connectivity index (χ0v) is 23.8. The van der Waals surface area contributed by atoms with Gasteiger partial charge in [-0.3, -0.25) is 4.79 Å². The molecule has 0 amide bonds. The second kappa shape index (κ2) is 11.7. The first-order valence-corrected chi connectivity index (χ1v) is 13.8. The lowest BCUT2D eigenvalue weighted by molar-refractivity contribution is -0.144. The van der Waals surface area contributed by atoms with Crippen molar-refractivity contribution >= 4 is 11.8 Å². The summed E-state index contributed by atoms with van der Waals surface area (Å²) in [4.78, 5) is 27.8. The minimum Gasteiger partial charge on any atom is -0.497 e. The van der Waals surface area contributed by atoms with Gasteiger partial charge in [0.1, 0.15) is 17.6 Å². The van der Waals surface area contributed by atoms with E-state index in [-0.39, 0.29) is 17.8 Å². The highest BCUT2D eigenvalue weighted by Crippen LogP contribution is 2.49. The van der Waals surface area contributed by atoms with Gasteiger partial charge in [-0.1, -0.05) is 6.07 Å². The minimum absolute atomic E-state index is 0.0259. The van der Waals surface area contributed by atoms with E-state index in [0.717, 1.165) is 36.9 Å². The Labute approximate surface area is 235 Å². The number of ether oxygens (including phenoxy) is 5. The van der Waals surface area contributed by atoms with Crippen LogP contribution in [0.2, 0.25) is 0 Å². The lowest BCUT2D eigenvalue weighted by atomic mass is 9.71. The van der Waals surface area contributed by atoms with Crippen molar-refractivity contribution in [1.29, 1.82) is 0 Å². The number of methoxy groups -OCH3 is 4. The summed E-state index contributed by atoms with van der Waals surface area (Å²) in [5.74, 6) is 1.32. The van der Waals surface area contributed by atoms with Gasteiger partial charge in [0.05, 0.1) is 39.9 Å². The SMILES string of the molecule is COc1ccc(OC)c([C@@H]2C(C(=O)OC3CCCC3)=C(C)NC3=C2C(=O)C[C@H](c2ccc(OC)c(OC)c2)C3)c1. The molecule has 1 saturated carbocycles. The minimum atomic E-state index is -0.644. The van der Waals surface area contributed by atoms with E-state index in [9.17, 15) is 9.59 Å². The summed E-state index contributed by atoms with van der Waals surface area (Å²) in [7, 11) is 6.38. The Hall–Kier alpha value is -3.94. The van der Waals surface area contributed by atoms with E-state index in [2.05, 4.69) is 5.32 Å². The summed E-state index contributed by atoms with van der Waals surface area (Å²) in [5, 5.41) is 3.43. The Morgan fingerprint density at radius 2 is 1.55 bits per heavy atom. The Bertz CT molecular complexity index is 1370. The topological polar surface area (TPSA) is 92.3 Å². The molecule has 1 heterocycles. The molecule has 212 valence electrons. The molecule has 1 fully saturated rings. The molecule has 2 aromatic rings. The fourth-order valence-electron chi connectivity index (χ4n) is 6.25. The van der Waals surface area contributed by atoms with Crippen molar-refractivity contribution in [1.82, 2.24) is 5.32 Å². The highest BCUT2D eigenvalue weighted by atomic mass is 16.5. The number of nitrogens with one attached hydrogen (secondary N) is 1. The maximum atomic E-state index is 14.0. The van der Waals surface area contributed by atoms with Crippen LogP contribution in [-0.4, -0.2) is 46.3 Å². The number of hydrogen-bond acceptors (Lipinski definition) is 8. The van der Waals surface area contributed by atoms with Gasteiger partial charge < -0.3 is 29.0 Å². The number of carbonyl (C=O) groups excluding carboxylic acids is 2. The van der Waals surface area contributed by atoms with Gasteiger partial charge in [-0.05, 0) is 80.8 Å². The fourth-order valence-corrected chi connectivity index (χ4v) is 6.25. The van der Waals surface area contributed by atoms with Crippen molar-refractivity contribution in [2.45, 2.75) is 63.4 Å². The molecular weight excluding hydrogens is 510 g/mol. The summed E-state index contributed by atoms with van der Waals surface area (Å²) < 4.78 is 28.2. The van der Waals surface area contributed by atoms with Crippen LogP contribution in [0.3, 0.4) is 0 Å². The molecule has 0 aromatic heterocycles. The molecule has 2 aromatic carbocycles. The first-order valence-electron chi connectivity index (χ1n) is 13.8. The predicted molar refractivity (Wildman–Crippen MR) is 150 cm³/mol. The van der Waals surface area contributed by atoms with Gasteiger partial charge in [0, 0.05) is 29.0 Å². The Morgan fingerprint density at radius 1 is 0.850 bits per heavy atom. The van der Waals surface area contributed by atoms with Crippen LogP contribution in [0.25, 0.3) is 0 Å². The molecule has 0 radical (unpaired) electrons. The van der Waals surface area contributed by atoms with Gasteiger partial charge in [-0.25, -0.2) is 4.79 Å². The smallest absolute Gasteiger partial charge is 0.337 e. The van der Waals surface area contributed by atoms with Gasteiger partial charge in [-0.15, -0.1) is 0 Å². The van der Waals surface area contributed by atoms with Crippen LogP contribution in [-0.2, 0) is 14.3 Å². The summed E-state index contributed by atoms with van der Waals surface area (Å²) in [6.45, 7) is 1.87.